The van der Waals surface area contributed by atoms with Gasteiger partial charge < -0.3 is 14.5 Å². The van der Waals surface area contributed by atoms with E-state index < -0.39 is 0 Å². The van der Waals surface area contributed by atoms with Crippen LogP contribution in [0.2, 0.25) is 0 Å². The number of anilines is 1. The van der Waals surface area contributed by atoms with E-state index in [1.165, 1.54) is 0 Å². The number of hydrogen-bond donors (Lipinski definition) is 0. The Morgan fingerprint density at radius 2 is 1.83 bits per heavy atom. The molecule has 0 radical (unpaired) electrons. The second kappa shape index (κ2) is 9.44. The Balaban J connectivity index is 1.76. The van der Waals surface area contributed by atoms with Crippen LogP contribution in [-0.4, -0.2) is 63.1 Å². The number of hydrogen-bond acceptors (Lipinski definition) is 5. The predicted octanol–water partition coefficient (Wildman–Crippen LogP) is 2.71. The molecule has 1 aliphatic rings. The minimum absolute atomic E-state index is 0.102. The summed E-state index contributed by atoms with van der Waals surface area (Å²) in [6.07, 6.45) is 0.324. The number of piperazine rings is 1. The van der Waals surface area contributed by atoms with Gasteiger partial charge in [0.25, 0.3) is 0 Å². The molecule has 0 saturated carbocycles. The highest BCUT2D eigenvalue weighted by atomic mass is 16.5. The fourth-order valence-electron chi connectivity index (χ4n) is 3.81. The first-order valence-electron chi connectivity index (χ1n) is 9.84. The second-order valence-electron chi connectivity index (χ2n) is 7.40. The lowest BCUT2D eigenvalue weighted by Gasteiger charge is -2.40. The van der Waals surface area contributed by atoms with Crippen molar-refractivity contribution in [3.63, 3.8) is 0 Å². The molecule has 1 heterocycles. The van der Waals surface area contributed by atoms with Crippen molar-refractivity contribution < 1.29 is 9.53 Å². The molecule has 2 aromatic carbocycles. The summed E-state index contributed by atoms with van der Waals surface area (Å²) >= 11 is 0. The molecular weight excluding hydrogens is 364 g/mol. The second-order valence-corrected chi connectivity index (χ2v) is 7.40. The van der Waals surface area contributed by atoms with Crippen LogP contribution in [0.3, 0.4) is 0 Å². The van der Waals surface area contributed by atoms with E-state index in [0.29, 0.717) is 6.42 Å². The third-order valence-corrected chi connectivity index (χ3v) is 5.37. The number of carbonyl (C=O) groups is 1. The molecule has 0 aromatic heterocycles. The summed E-state index contributed by atoms with van der Waals surface area (Å²) in [7, 11) is 5.24. The molecule has 6 heteroatoms. The van der Waals surface area contributed by atoms with E-state index in [1.54, 1.807) is 12.0 Å². The Hall–Kier alpha value is -3.04. The molecule has 1 fully saturated rings. The highest BCUT2D eigenvalue weighted by Crippen LogP contribution is 2.29. The molecule has 0 aliphatic carbocycles. The summed E-state index contributed by atoms with van der Waals surface area (Å²) in [4.78, 5) is 19.1. The van der Waals surface area contributed by atoms with Crippen molar-refractivity contribution >= 4 is 11.6 Å². The van der Waals surface area contributed by atoms with E-state index in [9.17, 15) is 4.79 Å². The molecule has 1 atom stereocenters. The topological polar surface area (TPSA) is 59.8 Å². The largest absolute Gasteiger partial charge is 0.496 e. The minimum atomic E-state index is -0.265. The minimum Gasteiger partial charge on any atom is -0.496 e. The zero-order chi connectivity index (χ0) is 20.8. The van der Waals surface area contributed by atoms with Crippen LogP contribution in [0.15, 0.2) is 48.5 Å². The number of benzene rings is 2. The molecule has 6 nitrogen and oxygen atoms in total. The van der Waals surface area contributed by atoms with Gasteiger partial charge in [-0.15, -0.1) is 0 Å². The van der Waals surface area contributed by atoms with Gasteiger partial charge in [-0.05, 0) is 23.8 Å². The van der Waals surface area contributed by atoms with Crippen molar-refractivity contribution in [3.05, 3.63) is 59.7 Å². The van der Waals surface area contributed by atoms with Gasteiger partial charge in [-0.25, -0.2) is 0 Å². The number of amides is 1. The van der Waals surface area contributed by atoms with Crippen molar-refractivity contribution in [2.75, 3.05) is 52.3 Å². The zero-order valence-corrected chi connectivity index (χ0v) is 17.3. The molecule has 2 aromatic rings. The van der Waals surface area contributed by atoms with Gasteiger partial charge in [0.2, 0.25) is 5.91 Å². The molecule has 1 aliphatic heterocycles. The van der Waals surface area contributed by atoms with E-state index in [0.717, 1.165) is 48.7 Å². The average molecular weight is 393 g/mol. The molecule has 29 heavy (non-hydrogen) atoms. The molecule has 1 saturated heterocycles. The van der Waals surface area contributed by atoms with Gasteiger partial charge in [0, 0.05) is 51.5 Å². The fourth-order valence-corrected chi connectivity index (χ4v) is 3.81. The molecule has 0 bridgehead atoms. The summed E-state index contributed by atoms with van der Waals surface area (Å²) < 4.78 is 5.37. The van der Waals surface area contributed by atoms with E-state index in [4.69, 9.17) is 10.00 Å². The molecule has 1 unspecified atom stereocenters. The highest BCUT2D eigenvalue weighted by Gasteiger charge is 2.31. The number of rotatable bonds is 6. The highest BCUT2D eigenvalue weighted by molar-refractivity contribution is 5.83. The SMILES string of the molecule is COc1ccc(N2CCN(C(C(=O)N(C)C)c3ccccc3)CC2)cc1CC#N. The number of likely N-dealkylation sites (N-methyl/N-ethyl adjacent to an activating group) is 1. The summed E-state index contributed by atoms with van der Waals surface area (Å²) in [5.41, 5.74) is 3.02. The lowest BCUT2D eigenvalue weighted by molar-refractivity contribution is -0.134. The van der Waals surface area contributed by atoms with E-state index >= 15 is 0 Å². The van der Waals surface area contributed by atoms with Crippen LogP contribution in [0.25, 0.3) is 0 Å². The fraction of sp³-hybridized carbons (Fsp3) is 0.391. The van der Waals surface area contributed by atoms with Crippen molar-refractivity contribution in [2.24, 2.45) is 0 Å². The Kier molecular flexibility index (Phi) is 6.73. The van der Waals surface area contributed by atoms with Gasteiger partial charge >= 0.3 is 0 Å². The first kappa shape index (κ1) is 20.7. The molecular formula is C23H28N4O2. The maximum Gasteiger partial charge on any atom is 0.244 e. The van der Waals surface area contributed by atoms with Crippen LogP contribution in [0.5, 0.6) is 5.75 Å². The van der Waals surface area contributed by atoms with Gasteiger partial charge in [-0.2, -0.15) is 5.26 Å². The quantitative estimate of drug-likeness (QED) is 0.757. The summed E-state index contributed by atoms with van der Waals surface area (Å²) in [6, 6.07) is 17.9. The molecule has 0 spiro atoms. The third kappa shape index (κ3) is 4.69. The summed E-state index contributed by atoms with van der Waals surface area (Å²) in [6.45, 7) is 3.22. The Bertz CT molecular complexity index is 868. The van der Waals surface area contributed by atoms with Crippen molar-refractivity contribution in [1.82, 2.24) is 9.80 Å². The standard InChI is InChI=1S/C23H28N4O2/c1-25(2)23(28)22(18-7-5-4-6-8-18)27-15-13-26(14-16-27)20-9-10-21(29-3)19(17-20)11-12-24/h4-10,17,22H,11,13-16H2,1-3H3. The van der Waals surface area contributed by atoms with Crippen LogP contribution >= 0.6 is 0 Å². The monoisotopic (exact) mass is 392 g/mol. The number of ether oxygens (including phenoxy) is 1. The van der Waals surface area contributed by atoms with Crippen molar-refractivity contribution in [1.29, 1.82) is 5.26 Å². The first-order valence-corrected chi connectivity index (χ1v) is 9.84. The summed E-state index contributed by atoms with van der Waals surface area (Å²) in [5.74, 6) is 0.847. The Morgan fingerprint density at radius 1 is 1.14 bits per heavy atom. The molecule has 3 rings (SSSR count). The van der Waals surface area contributed by atoms with Crippen LogP contribution in [0.4, 0.5) is 5.69 Å². The lowest BCUT2D eigenvalue weighted by atomic mass is 10.0. The average Bonchev–Trinajstić information content (AvgIpc) is 2.75. The van der Waals surface area contributed by atoms with E-state index in [1.807, 2.05) is 62.6 Å². The first-order chi connectivity index (χ1) is 14.0. The predicted molar refractivity (Wildman–Crippen MR) is 114 cm³/mol. The van der Waals surface area contributed by atoms with Crippen molar-refractivity contribution in [2.45, 2.75) is 12.5 Å². The summed E-state index contributed by atoms with van der Waals surface area (Å²) in [5, 5.41) is 9.08. The van der Waals surface area contributed by atoms with Crippen LogP contribution < -0.4 is 9.64 Å². The number of methoxy groups -OCH3 is 1. The molecule has 0 N–H and O–H groups in total. The molecule has 1 amide bonds. The molecule has 152 valence electrons. The smallest absolute Gasteiger partial charge is 0.244 e. The van der Waals surface area contributed by atoms with Gasteiger partial charge in [-0.3, -0.25) is 9.69 Å². The zero-order valence-electron chi connectivity index (χ0n) is 17.3. The number of carbonyl (C=O) groups excluding carboxylic acids is 1. The number of nitriles is 1. The van der Waals surface area contributed by atoms with E-state index in [-0.39, 0.29) is 11.9 Å². The lowest BCUT2D eigenvalue weighted by Crippen LogP contribution is -2.51. The normalized spacial score (nSPS) is 15.4. The van der Waals surface area contributed by atoms with Crippen LogP contribution in [0, 0.1) is 11.3 Å². The maximum atomic E-state index is 12.9. The van der Waals surface area contributed by atoms with Crippen molar-refractivity contribution in [3.8, 4) is 11.8 Å². The van der Waals surface area contributed by atoms with Crippen LogP contribution in [-0.2, 0) is 11.2 Å². The van der Waals surface area contributed by atoms with Gasteiger partial charge in [0.05, 0.1) is 19.6 Å². The van der Waals surface area contributed by atoms with Gasteiger partial charge in [0.15, 0.2) is 0 Å². The van der Waals surface area contributed by atoms with Gasteiger partial charge in [-0.1, -0.05) is 30.3 Å². The maximum absolute atomic E-state index is 12.9. The third-order valence-electron chi connectivity index (χ3n) is 5.37. The van der Waals surface area contributed by atoms with Crippen LogP contribution in [0.1, 0.15) is 17.2 Å². The number of nitrogens with zero attached hydrogens (tertiary/aromatic N) is 4. The Morgan fingerprint density at radius 3 is 2.41 bits per heavy atom. The van der Waals surface area contributed by atoms with Gasteiger partial charge in [0.1, 0.15) is 11.8 Å². The Labute approximate surface area is 172 Å². The van der Waals surface area contributed by atoms with E-state index in [2.05, 4.69) is 15.9 Å².